The van der Waals surface area contributed by atoms with Gasteiger partial charge in [-0.2, -0.15) is 0 Å². The first kappa shape index (κ1) is 35.6. The van der Waals surface area contributed by atoms with Gasteiger partial charge in [-0.05, 0) is 89.0 Å². The molecule has 0 saturated carbocycles. The van der Waals surface area contributed by atoms with Crippen LogP contribution in [0.5, 0.6) is 0 Å². The molecular formula is C57H34N4OS. The number of hydrogen-bond donors (Lipinski definition) is 0. The lowest BCUT2D eigenvalue weighted by atomic mass is 9.99. The van der Waals surface area contributed by atoms with Gasteiger partial charge in [-0.25, -0.2) is 15.0 Å². The van der Waals surface area contributed by atoms with E-state index in [4.69, 9.17) is 19.4 Å². The van der Waals surface area contributed by atoms with Gasteiger partial charge in [-0.3, -0.25) is 0 Å². The lowest BCUT2D eigenvalue weighted by Gasteiger charge is -2.10. The van der Waals surface area contributed by atoms with Crippen molar-refractivity contribution >= 4 is 75.3 Å². The largest absolute Gasteiger partial charge is 0.456 e. The SMILES string of the molecule is c1ccc(-c2cccc(-c3nc(-c4ccc5c(c4)oc4cc(-n6c7ccccc7c7ccccc76)ccc45)nc(-c4ccc5sc6cccc(-c7ccccc7)c6c5c4)n3)c2)cc1. The van der Waals surface area contributed by atoms with Gasteiger partial charge < -0.3 is 8.98 Å². The van der Waals surface area contributed by atoms with Crippen LogP contribution >= 0.6 is 11.3 Å². The zero-order valence-corrected chi connectivity index (χ0v) is 34.6. The third-order valence-electron chi connectivity index (χ3n) is 12.3. The Hall–Kier alpha value is -8.19. The van der Waals surface area contributed by atoms with Gasteiger partial charge in [0.2, 0.25) is 0 Å². The van der Waals surface area contributed by atoms with Gasteiger partial charge in [0.25, 0.3) is 0 Å². The van der Waals surface area contributed by atoms with Crippen LogP contribution in [0.3, 0.4) is 0 Å². The van der Waals surface area contributed by atoms with Crippen LogP contribution < -0.4 is 0 Å². The number of furan rings is 1. The van der Waals surface area contributed by atoms with E-state index < -0.39 is 0 Å². The van der Waals surface area contributed by atoms with E-state index in [2.05, 4.69) is 205 Å². The average molecular weight is 823 g/mol. The predicted octanol–water partition coefficient (Wildman–Crippen LogP) is 15.6. The van der Waals surface area contributed by atoms with Crippen molar-refractivity contribution < 1.29 is 4.42 Å². The van der Waals surface area contributed by atoms with Crippen LogP contribution in [0.25, 0.3) is 126 Å². The summed E-state index contributed by atoms with van der Waals surface area (Å²) in [6, 6.07) is 72.6. The molecule has 13 aromatic rings. The summed E-state index contributed by atoms with van der Waals surface area (Å²) in [7, 11) is 0. The molecule has 9 aromatic carbocycles. The number of para-hydroxylation sites is 2. The third-order valence-corrected chi connectivity index (χ3v) is 13.4. The Labute approximate surface area is 365 Å². The van der Waals surface area contributed by atoms with E-state index in [1.807, 2.05) is 17.4 Å². The summed E-state index contributed by atoms with van der Waals surface area (Å²) in [4.78, 5) is 15.6. The number of rotatable bonds is 6. The summed E-state index contributed by atoms with van der Waals surface area (Å²) in [5.41, 5.74) is 12.3. The number of aromatic nitrogens is 4. The summed E-state index contributed by atoms with van der Waals surface area (Å²) >= 11 is 1.81. The molecule has 0 saturated heterocycles. The normalized spacial score (nSPS) is 11.8. The van der Waals surface area contributed by atoms with Gasteiger partial charge in [0, 0.05) is 70.2 Å². The quantitative estimate of drug-likeness (QED) is 0.168. The summed E-state index contributed by atoms with van der Waals surface area (Å²) in [6.45, 7) is 0. The maximum Gasteiger partial charge on any atom is 0.164 e. The fraction of sp³-hybridized carbons (Fsp3) is 0. The smallest absolute Gasteiger partial charge is 0.164 e. The van der Waals surface area contributed by atoms with Gasteiger partial charge >= 0.3 is 0 Å². The maximum atomic E-state index is 6.72. The van der Waals surface area contributed by atoms with Crippen LogP contribution in [0.2, 0.25) is 0 Å². The van der Waals surface area contributed by atoms with Gasteiger partial charge in [0.05, 0.1) is 11.0 Å². The number of benzene rings is 9. The Bertz CT molecular complexity index is 3870. The van der Waals surface area contributed by atoms with Crippen molar-refractivity contribution in [3.05, 3.63) is 206 Å². The predicted molar refractivity (Wildman–Crippen MR) is 262 cm³/mol. The monoisotopic (exact) mass is 822 g/mol. The second kappa shape index (κ2) is 14.2. The minimum absolute atomic E-state index is 0.577. The number of hydrogen-bond acceptors (Lipinski definition) is 5. The zero-order chi connectivity index (χ0) is 41.4. The minimum Gasteiger partial charge on any atom is -0.456 e. The Morgan fingerprint density at radius 1 is 0.349 bits per heavy atom. The van der Waals surface area contributed by atoms with Crippen LogP contribution in [-0.4, -0.2) is 19.5 Å². The first-order chi connectivity index (χ1) is 31.2. The maximum absolute atomic E-state index is 6.72. The second-order valence-corrected chi connectivity index (χ2v) is 17.1. The Morgan fingerprint density at radius 3 is 1.63 bits per heavy atom. The van der Waals surface area contributed by atoms with E-state index in [-0.39, 0.29) is 0 Å². The molecule has 4 aromatic heterocycles. The van der Waals surface area contributed by atoms with Gasteiger partial charge in [0.1, 0.15) is 11.2 Å². The summed E-state index contributed by atoms with van der Waals surface area (Å²) < 4.78 is 11.5. The van der Waals surface area contributed by atoms with E-state index in [1.54, 1.807) is 0 Å². The molecule has 0 bridgehead atoms. The molecule has 294 valence electrons. The molecule has 63 heavy (non-hydrogen) atoms. The molecule has 0 aliphatic heterocycles. The first-order valence-corrected chi connectivity index (χ1v) is 21.9. The average Bonchev–Trinajstić information content (AvgIpc) is 4.03. The molecule has 5 nitrogen and oxygen atoms in total. The molecule has 13 rings (SSSR count). The van der Waals surface area contributed by atoms with Crippen LogP contribution in [-0.2, 0) is 0 Å². The van der Waals surface area contributed by atoms with Crippen molar-refractivity contribution in [3.63, 3.8) is 0 Å². The van der Waals surface area contributed by atoms with Crippen molar-refractivity contribution in [2.24, 2.45) is 0 Å². The molecule has 0 unspecified atom stereocenters. The fourth-order valence-electron chi connectivity index (χ4n) is 9.30. The van der Waals surface area contributed by atoms with Gasteiger partial charge in [-0.15, -0.1) is 11.3 Å². The molecular weight excluding hydrogens is 789 g/mol. The summed E-state index contributed by atoms with van der Waals surface area (Å²) in [5, 5.41) is 6.98. The third kappa shape index (κ3) is 5.87. The lowest BCUT2D eigenvalue weighted by Crippen LogP contribution is -2.00. The highest BCUT2D eigenvalue weighted by Crippen LogP contribution is 2.42. The summed E-state index contributed by atoms with van der Waals surface area (Å²) in [5.74, 6) is 1.79. The lowest BCUT2D eigenvalue weighted by molar-refractivity contribution is 0.668. The van der Waals surface area contributed by atoms with Crippen LogP contribution in [0.15, 0.2) is 211 Å². The minimum atomic E-state index is 0.577. The van der Waals surface area contributed by atoms with Crippen LogP contribution in [0.4, 0.5) is 0 Å². The van der Waals surface area contributed by atoms with Crippen molar-refractivity contribution in [1.82, 2.24) is 19.5 Å². The van der Waals surface area contributed by atoms with E-state index >= 15 is 0 Å². The molecule has 6 heteroatoms. The topological polar surface area (TPSA) is 56.7 Å². The number of thiophene rings is 1. The Kier molecular flexibility index (Phi) is 8.01. The van der Waals surface area contributed by atoms with Crippen LogP contribution in [0.1, 0.15) is 0 Å². The number of nitrogens with zero attached hydrogens (tertiary/aromatic N) is 4. The van der Waals surface area contributed by atoms with Crippen molar-refractivity contribution in [1.29, 1.82) is 0 Å². The molecule has 0 amide bonds. The fourth-order valence-corrected chi connectivity index (χ4v) is 10.4. The molecule has 0 atom stereocenters. The molecule has 4 heterocycles. The van der Waals surface area contributed by atoms with E-state index in [9.17, 15) is 0 Å². The van der Waals surface area contributed by atoms with Crippen molar-refractivity contribution in [2.45, 2.75) is 0 Å². The number of fused-ring (bicyclic) bond motifs is 9. The molecule has 0 aliphatic carbocycles. The highest BCUT2D eigenvalue weighted by molar-refractivity contribution is 7.26. The zero-order valence-electron chi connectivity index (χ0n) is 33.7. The summed E-state index contributed by atoms with van der Waals surface area (Å²) in [6.07, 6.45) is 0. The van der Waals surface area contributed by atoms with Gasteiger partial charge in [-0.1, -0.05) is 133 Å². The molecule has 0 aliphatic rings. The van der Waals surface area contributed by atoms with E-state index in [0.29, 0.717) is 17.5 Å². The van der Waals surface area contributed by atoms with E-state index in [1.165, 1.54) is 42.1 Å². The second-order valence-electron chi connectivity index (χ2n) is 16.0. The van der Waals surface area contributed by atoms with E-state index in [0.717, 1.165) is 66.5 Å². The van der Waals surface area contributed by atoms with Crippen molar-refractivity contribution in [2.75, 3.05) is 0 Å². The first-order valence-electron chi connectivity index (χ1n) is 21.1. The van der Waals surface area contributed by atoms with Gasteiger partial charge in [0.15, 0.2) is 17.5 Å². The van der Waals surface area contributed by atoms with Crippen molar-refractivity contribution in [3.8, 4) is 62.1 Å². The highest BCUT2D eigenvalue weighted by atomic mass is 32.1. The Balaban J connectivity index is 0.970. The standard InChI is InChI=1S/C57H34N4OS/c1-3-13-35(14-4-1)37-17-11-18-38(31-37)55-58-56(39-26-30-52-47(32-39)54-42(21-12-24-53(54)63-52)36-15-5-2-6-16-36)60-57(59-55)40-25-28-45-46-29-27-41(34-51(46)62-50(45)33-40)61-48-22-9-7-19-43(48)44-20-8-10-23-49(44)61/h1-34H. The Morgan fingerprint density at radius 2 is 0.905 bits per heavy atom. The molecule has 0 fully saturated rings. The molecule has 0 radical (unpaired) electrons. The highest BCUT2D eigenvalue weighted by Gasteiger charge is 2.19. The molecule has 0 spiro atoms. The molecule has 0 N–H and O–H groups in total. The van der Waals surface area contributed by atoms with Crippen LogP contribution in [0, 0.1) is 0 Å².